The zero-order valence-electron chi connectivity index (χ0n) is 12.9. The fourth-order valence-electron chi connectivity index (χ4n) is 3.13. The van der Waals surface area contributed by atoms with E-state index >= 15 is 0 Å². The minimum absolute atomic E-state index is 0.199. The number of ether oxygens (including phenoxy) is 2. The van der Waals surface area contributed by atoms with Crippen LogP contribution in [0.4, 0.5) is 4.79 Å². The lowest BCUT2D eigenvalue weighted by atomic mass is 10.1. The molecule has 0 aromatic heterocycles. The van der Waals surface area contributed by atoms with Crippen LogP contribution in [-0.2, 0) is 16.1 Å². The molecule has 120 valence electrons. The Morgan fingerprint density at radius 2 is 1.77 bits per heavy atom. The van der Waals surface area contributed by atoms with E-state index in [-0.39, 0.29) is 6.09 Å². The molecular formula is C17H24N2O3. The first-order valence-electron chi connectivity index (χ1n) is 8.10. The fourth-order valence-corrected chi connectivity index (χ4v) is 3.13. The third kappa shape index (κ3) is 3.99. The van der Waals surface area contributed by atoms with Gasteiger partial charge in [-0.3, -0.25) is 4.90 Å². The summed E-state index contributed by atoms with van der Waals surface area (Å²) in [6, 6.07) is 10.4. The molecule has 0 N–H and O–H groups in total. The van der Waals surface area contributed by atoms with Crippen molar-refractivity contribution in [1.82, 2.24) is 9.80 Å². The summed E-state index contributed by atoms with van der Waals surface area (Å²) in [6.45, 7) is 5.46. The average molecular weight is 304 g/mol. The van der Waals surface area contributed by atoms with Crippen molar-refractivity contribution < 1.29 is 14.3 Å². The van der Waals surface area contributed by atoms with Gasteiger partial charge in [0.2, 0.25) is 0 Å². The highest BCUT2D eigenvalue weighted by Gasteiger charge is 2.27. The first kappa shape index (κ1) is 15.3. The predicted octanol–water partition coefficient (Wildman–Crippen LogP) is 2.12. The van der Waals surface area contributed by atoms with Crippen LogP contribution in [-0.4, -0.2) is 61.3 Å². The Morgan fingerprint density at radius 3 is 2.45 bits per heavy atom. The van der Waals surface area contributed by atoms with Crippen molar-refractivity contribution in [1.29, 1.82) is 0 Å². The zero-order chi connectivity index (χ0) is 15.2. The maximum atomic E-state index is 12.1. The van der Waals surface area contributed by atoms with Crippen molar-refractivity contribution in [3.05, 3.63) is 35.9 Å². The van der Waals surface area contributed by atoms with E-state index in [0.29, 0.717) is 12.6 Å². The van der Waals surface area contributed by atoms with Crippen LogP contribution in [0.15, 0.2) is 30.3 Å². The fraction of sp³-hybridized carbons (Fsp3) is 0.588. The summed E-state index contributed by atoms with van der Waals surface area (Å²) >= 11 is 0. The zero-order valence-corrected chi connectivity index (χ0v) is 12.9. The van der Waals surface area contributed by atoms with Crippen LogP contribution in [0.25, 0.3) is 0 Å². The molecule has 2 saturated heterocycles. The topological polar surface area (TPSA) is 42.0 Å². The van der Waals surface area contributed by atoms with E-state index in [1.165, 1.54) is 0 Å². The first-order chi connectivity index (χ1) is 10.8. The van der Waals surface area contributed by atoms with Crippen LogP contribution in [0.3, 0.4) is 0 Å². The Balaban J connectivity index is 1.41. The Bertz CT molecular complexity index is 466. The molecule has 3 rings (SSSR count). The molecule has 2 aliphatic heterocycles. The molecule has 2 fully saturated rings. The molecule has 5 heteroatoms. The number of hydrogen-bond acceptors (Lipinski definition) is 4. The molecule has 22 heavy (non-hydrogen) atoms. The second-order valence-electron chi connectivity index (χ2n) is 5.91. The van der Waals surface area contributed by atoms with Gasteiger partial charge >= 0.3 is 6.09 Å². The standard InChI is InChI=1S/C17H24N2O3/c20-17(22-14-15-4-2-1-3-5-15)19-10-8-18(9-11-19)16-6-12-21-13-7-16/h1-5,16H,6-14H2. The largest absolute Gasteiger partial charge is 0.445 e. The summed E-state index contributed by atoms with van der Waals surface area (Å²) in [7, 11) is 0. The molecule has 0 spiro atoms. The van der Waals surface area contributed by atoms with Crippen LogP contribution >= 0.6 is 0 Å². The molecule has 0 unspecified atom stereocenters. The van der Waals surface area contributed by atoms with Crippen LogP contribution in [0, 0.1) is 0 Å². The molecule has 0 atom stereocenters. The van der Waals surface area contributed by atoms with Gasteiger partial charge in [-0.1, -0.05) is 30.3 Å². The highest BCUT2D eigenvalue weighted by atomic mass is 16.6. The van der Waals surface area contributed by atoms with Gasteiger partial charge in [0.1, 0.15) is 6.61 Å². The Hall–Kier alpha value is -1.59. The van der Waals surface area contributed by atoms with Crippen molar-refractivity contribution in [3.63, 3.8) is 0 Å². The summed E-state index contributed by atoms with van der Waals surface area (Å²) < 4.78 is 10.8. The molecule has 2 heterocycles. The molecule has 0 aliphatic carbocycles. The van der Waals surface area contributed by atoms with Gasteiger partial charge in [-0.05, 0) is 18.4 Å². The minimum Gasteiger partial charge on any atom is -0.445 e. The van der Waals surface area contributed by atoms with Gasteiger partial charge in [0.25, 0.3) is 0 Å². The van der Waals surface area contributed by atoms with E-state index in [4.69, 9.17) is 9.47 Å². The van der Waals surface area contributed by atoms with Crippen LogP contribution in [0.2, 0.25) is 0 Å². The smallest absolute Gasteiger partial charge is 0.410 e. The average Bonchev–Trinajstić information content (AvgIpc) is 2.61. The number of piperazine rings is 1. The number of hydrogen-bond donors (Lipinski definition) is 0. The number of benzene rings is 1. The number of amides is 1. The van der Waals surface area contributed by atoms with E-state index < -0.39 is 0 Å². The molecule has 0 saturated carbocycles. The Morgan fingerprint density at radius 1 is 1.09 bits per heavy atom. The van der Waals surface area contributed by atoms with Crippen LogP contribution in [0.1, 0.15) is 18.4 Å². The molecule has 0 radical (unpaired) electrons. The van der Waals surface area contributed by atoms with Crippen molar-refractivity contribution in [2.24, 2.45) is 0 Å². The molecule has 1 aromatic rings. The lowest BCUT2D eigenvalue weighted by molar-refractivity contribution is 0.0109. The van der Waals surface area contributed by atoms with Crippen molar-refractivity contribution in [3.8, 4) is 0 Å². The van der Waals surface area contributed by atoms with E-state index in [1.807, 2.05) is 35.2 Å². The van der Waals surface area contributed by atoms with Crippen molar-refractivity contribution >= 4 is 6.09 Å². The number of rotatable bonds is 3. The maximum absolute atomic E-state index is 12.1. The SMILES string of the molecule is O=C(OCc1ccccc1)N1CCN(C2CCOCC2)CC1. The van der Waals surface area contributed by atoms with Gasteiger partial charge in [-0.2, -0.15) is 0 Å². The number of nitrogens with zero attached hydrogens (tertiary/aromatic N) is 2. The monoisotopic (exact) mass is 304 g/mol. The quantitative estimate of drug-likeness (QED) is 0.858. The lowest BCUT2D eigenvalue weighted by Crippen LogP contribution is -2.53. The van der Waals surface area contributed by atoms with Crippen molar-refractivity contribution in [2.45, 2.75) is 25.5 Å². The second kappa shape index (κ2) is 7.61. The Kier molecular flexibility index (Phi) is 5.29. The summed E-state index contributed by atoms with van der Waals surface area (Å²) in [5, 5.41) is 0. The third-order valence-corrected chi connectivity index (χ3v) is 4.48. The van der Waals surface area contributed by atoms with E-state index in [0.717, 1.165) is 57.8 Å². The molecular weight excluding hydrogens is 280 g/mol. The van der Waals surface area contributed by atoms with Gasteiger partial charge in [-0.25, -0.2) is 4.79 Å². The van der Waals surface area contributed by atoms with E-state index in [9.17, 15) is 4.79 Å². The van der Waals surface area contributed by atoms with Crippen LogP contribution in [0.5, 0.6) is 0 Å². The van der Waals surface area contributed by atoms with Crippen LogP contribution < -0.4 is 0 Å². The van der Waals surface area contributed by atoms with Crippen molar-refractivity contribution in [2.75, 3.05) is 39.4 Å². The minimum atomic E-state index is -0.199. The molecule has 0 bridgehead atoms. The van der Waals surface area contributed by atoms with Gasteiger partial charge in [0.05, 0.1) is 0 Å². The lowest BCUT2D eigenvalue weighted by Gasteiger charge is -2.40. The second-order valence-corrected chi connectivity index (χ2v) is 5.91. The third-order valence-electron chi connectivity index (χ3n) is 4.48. The first-order valence-corrected chi connectivity index (χ1v) is 8.10. The summed E-state index contributed by atoms with van der Waals surface area (Å²) in [5.41, 5.74) is 1.02. The molecule has 2 aliphatic rings. The highest BCUT2D eigenvalue weighted by Crippen LogP contribution is 2.17. The Labute approximate surface area is 131 Å². The summed E-state index contributed by atoms with van der Waals surface area (Å²) in [4.78, 5) is 16.4. The van der Waals surface area contributed by atoms with Gasteiger partial charge in [-0.15, -0.1) is 0 Å². The van der Waals surface area contributed by atoms with Gasteiger partial charge in [0.15, 0.2) is 0 Å². The normalized spacial score (nSPS) is 20.8. The van der Waals surface area contributed by atoms with Gasteiger partial charge in [0, 0.05) is 45.4 Å². The number of carbonyl (C=O) groups excluding carboxylic acids is 1. The maximum Gasteiger partial charge on any atom is 0.410 e. The summed E-state index contributed by atoms with van der Waals surface area (Å²) in [6.07, 6.45) is 2.02. The number of carbonyl (C=O) groups is 1. The van der Waals surface area contributed by atoms with Gasteiger partial charge < -0.3 is 14.4 Å². The summed E-state index contributed by atoms with van der Waals surface area (Å²) in [5.74, 6) is 0. The molecule has 1 aromatic carbocycles. The molecule has 1 amide bonds. The highest BCUT2D eigenvalue weighted by molar-refractivity contribution is 5.67. The van der Waals surface area contributed by atoms with E-state index in [2.05, 4.69) is 4.90 Å². The predicted molar refractivity (Wildman–Crippen MR) is 83.6 cm³/mol. The molecule has 5 nitrogen and oxygen atoms in total. The van der Waals surface area contributed by atoms with E-state index in [1.54, 1.807) is 0 Å².